The van der Waals surface area contributed by atoms with Gasteiger partial charge in [-0.25, -0.2) is 9.97 Å². The number of anilines is 1. The van der Waals surface area contributed by atoms with Crippen LogP contribution in [0.25, 0.3) is 11.4 Å². The lowest BCUT2D eigenvalue weighted by Gasteiger charge is -2.08. The average molecular weight is 243 g/mol. The van der Waals surface area contributed by atoms with Crippen molar-refractivity contribution in [1.82, 2.24) is 19.7 Å². The highest BCUT2D eigenvalue weighted by Crippen LogP contribution is 2.32. The molecule has 17 heavy (non-hydrogen) atoms. The van der Waals surface area contributed by atoms with Gasteiger partial charge in [0.2, 0.25) is 0 Å². The van der Waals surface area contributed by atoms with Gasteiger partial charge in [0, 0.05) is 13.2 Å². The molecule has 0 atom stereocenters. The van der Waals surface area contributed by atoms with Crippen molar-refractivity contribution in [3.05, 3.63) is 24.3 Å². The Morgan fingerprint density at radius 2 is 2.00 bits per heavy atom. The molecule has 0 aromatic carbocycles. The molecule has 2 aromatic rings. The molecule has 0 aliphatic heterocycles. The molecule has 0 aliphatic rings. The number of nitrogens with zero attached hydrogens (tertiary/aromatic N) is 4. The zero-order chi connectivity index (χ0) is 12.6. The summed E-state index contributed by atoms with van der Waals surface area (Å²) in [5.74, 6) is -0.0559. The lowest BCUT2D eigenvalue weighted by Crippen LogP contribution is -2.13. The molecule has 5 nitrogen and oxygen atoms in total. The van der Waals surface area contributed by atoms with Gasteiger partial charge in [0.1, 0.15) is 0 Å². The van der Waals surface area contributed by atoms with E-state index in [9.17, 15) is 13.2 Å². The lowest BCUT2D eigenvalue weighted by molar-refractivity contribution is -0.140. The molecule has 2 aromatic heterocycles. The van der Waals surface area contributed by atoms with E-state index < -0.39 is 17.6 Å². The maximum atomic E-state index is 12.6. The highest BCUT2D eigenvalue weighted by atomic mass is 19.4. The van der Waals surface area contributed by atoms with Crippen LogP contribution in [0.3, 0.4) is 0 Å². The topological polar surface area (TPSA) is 69.6 Å². The zero-order valence-electron chi connectivity index (χ0n) is 8.73. The van der Waals surface area contributed by atoms with Crippen molar-refractivity contribution in [2.24, 2.45) is 7.05 Å². The Bertz CT molecular complexity index is 546. The van der Waals surface area contributed by atoms with Gasteiger partial charge in [0.15, 0.2) is 11.5 Å². The lowest BCUT2D eigenvalue weighted by atomic mass is 10.3. The molecule has 0 saturated carbocycles. The van der Waals surface area contributed by atoms with Crippen LogP contribution >= 0.6 is 0 Å². The average Bonchev–Trinajstić information content (AvgIpc) is 2.64. The number of aromatic nitrogens is 4. The Kier molecular flexibility index (Phi) is 2.49. The number of aryl methyl sites for hydroxylation is 1. The monoisotopic (exact) mass is 243 g/mol. The highest BCUT2D eigenvalue weighted by molar-refractivity contribution is 5.55. The predicted molar refractivity (Wildman–Crippen MR) is 53.6 cm³/mol. The number of halogens is 3. The second kappa shape index (κ2) is 3.72. The number of nitrogens with two attached hydrogens (primary N) is 1. The summed E-state index contributed by atoms with van der Waals surface area (Å²) >= 11 is 0. The Morgan fingerprint density at radius 3 is 2.53 bits per heavy atom. The molecule has 0 fully saturated rings. The normalized spacial score (nSPS) is 11.8. The molecule has 2 N–H and O–H groups in total. The predicted octanol–water partition coefficient (Wildman–Crippen LogP) is 1.48. The summed E-state index contributed by atoms with van der Waals surface area (Å²) < 4.78 is 39.1. The van der Waals surface area contributed by atoms with Crippen LogP contribution in [-0.4, -0.2) is 19.7 Å². The van der Waals surface area contributed by atoms with Crippen LogP contribution in [0, 0.1) is 0 Å². The SMILES string of the molecule is Cn1cc(-c2ncc(N)c(C(F)(F)F)n2)cn1. The molecule has 0 bridgehead atoms. The molecule has 8 heteroatoms. The molecular formula is C9H8F3N5. The molecule has 0 radical (unpaired) electrons. The molecule has 0 unspecified atom stereocenters. The van der Waals surface area contributed by atoms with Crippen LogP contribution in [0.5, 0.6) is 0 Å². The quantitative estimate of drug-likeness (QED) is 0.823. The maximum Gasteiger partial charge on any atom is 0.435 e. The number of rotatable bonds is 1. The van der Waals surface area contributed by atoms with Gasteiger partial charge >= 0.3 is 6.18 Å². The van der Waals surface area contributed by atoms with Crippen molar-refractivity contribution in [3.63, 3.8) is 0 Å². The first-order valence-corrected chi connectivity index (χ1v) is 4.56. The summed E-state index contributed by atoms with van der Waals surface area (Å²) in [4.78, 5) is 7.16. The fourth-order valence-corrected chi connectivity index (χ4v) is 1.29. The summed E-state index contributed by atoms with van der Waals surface area (Å²) in [6, 6.07) is 0. The van der Waals surface area contributed by atoms with E-state index in [1.807, 2.05) is 0 Å². The Labute approximate surface area is 94.1 Å². The summed E-state index contributed by atoms with van der Waals surface area (Å²) in [6.07, 6.45) is -0.751. The molecule has 0 saturated heterocycles. The van der Waals surface area contributed by atoms with Gasteiger partial charge < -0.3 is 5.73 Å². The number of nitrogen functional groups attached to an aromatic ring is 1. The number of hydrogen-bond donors (Lipinski definition) is 1. The van der Waals surface area contributed by atoms with Crippen molar-refractivity contribution in [3.8, 4) is 11.4 Å². The van der Waals surface area contributed by atoms with E-state index in [2.05, 4.69) is 15.1 Å². The third-order valence-corrected chi connectivity index (χ3v) is 2.05. The van der Waals surface area contributed by atoms with Gasteiger partial charge in [-0.15, -0.1) is 0 Å². The minimum atomic E-state index is -4.59. The van der Waals surface area contributed by atoms with Crippen LogP contribution in [0.2, 0.25) is 0 Å². The van der Waals surface area contributed by atoms with Crippen LogP contribution in [0.4, 0.5) is 18.9 Å². The van der Waals surface area contributed by atoms with E-state index in [4.69, 9.17) is 5.73 Å². The molecule has 0 amide bonds. The van der Waals surface area contributed by atoms with E-state index in [1.165, 1.54) is 17.1 Å². The molecule has 0 aliphatic carbocycles. The zero-order valence-corrected chi connectivity index (χ0v) is 8.73. The standard InChI is InChI=1S/C9H8F3N5/c1-17-4-5(2-15-17)8-14-3-6(13)7(16-8)9(10,11)12/h2-4H,13H2,1H3. The summed E-state index contributed by atoms with van der Waals surface area (Å²) in [7, 11) is 1.64. The van der Waals surface area contributed by atoms with Crippen molar-refractivity contribution < 1.29 is 13.2 Å². The van der Waals surface area contributed by atoms with E-state index in [0.29, 0.717) is 5.56 Å². The van der Waals surface area contributed by atoms with Gasteiger partial charge in [-0.2, -0.15) is 18.3 Å². The van der Waals surface area contributed by atoms with E-state index in [1.54, 1.807) is 7.05 Å². The largest absolute Gasteiger partial charge is 0.435 e. The minimum absolute atomic E-state index is 0.0559. The van der Waals surface area contributed by atoms with Crippen LogP contribution < -0.4 is 5.73 Å². The van der Waals surface area contributed by atoms with Crippen molar-refractivity contribution in [2.45, 2.75) is 6.18 Å². The second-order valence-corrected chi connectivity index (χ2v) is 3.40. The summed E-state index contributed by atoms with van der Waals surface area (Å²) in [5.41, 5.74) is 3.97. The molecule has 0 spiro atoms. The van der Waals surface area contributed by atoms with Gasteiger partial charge in [-0.05, 0) is 0 Å². The third kappa shape index (κ3) is 2.19. The maximum absolute atomic E-state index is 12.6. The number of alkyl halides is 3. The third-order valence-electron chi connectivity index (χ3n) is 2.05. The second-order valence-electron chi connectivity index (χ2n) is 3.40. The first-order chi connectivity index (χ1) is 7.88. The Balaban J connectivity index is 2.51. The van der Waals surface area contributed by atoms with Gasteiger partial charge in [0.05, 0.1) is 23.6 Å². The Hall–Kier alpha value is -2.12. The first-order valence-electron chi connectivity index (χ1n) is 4.56. The van der Waals surface area contributed by atoms with Gasteiger partial charge in [-0.3, -0.25) is 4.68 Å². The summed E-state index contributed by atoms with van der Waals surface area (Å²) in [6.45, 7) is 0. The minimum Gasteiger partial charge on any atom is -0.396 e. The van der Waals surface area contributed by atoms with Crippen molar-refractivity contribution >= 4 is 5.69 Å². The van der Waals surface area contributed by atoms with E-state index >= 15 is 0 Å². The van der Waals surface area contributed by atoms with Crippen molar-refractivity contribution in [1.29, 1.82) is 0 Å². The van der Waals surface area contributed by atoms with Gasteiger partial charge in [0.25, 0.3) is 0 Å². The van der Waals surface area contributed by atoms with Crippen molar-refractivity contribution in [2.75, 3.05) is 5.73 Å². The summed E-state index contributed by atoms with van der Waals surface area (Å²) in [5, 5.41) is 3.83. The Morgan fingerprint density at radius 1 is 1.29 bits per heavy atom. The molecular weight excluding hydrogens is 235 g/mol. The molecule has 90 valence electrons. The van der Waals surface area contributed by atoms with E-state index in [0.717, 1.165) is 6.20 Å². The van der Waals surface area contributed by atoms with Crippen LogP contribution in [-0.2, 0) is 13.2 Å². The smallest absolute Gasteiger partial charge is 0.396 e. The fourth-order valence-electron chi connectivity index (χ4n) is 1.29. The fraction of sp³-hybridized carbons (Fsp3) is 0.222. The van der Waals surface area contributed by atoms with Crippen LogP contribution in [0.1, 0.15) is 5.69 Å². The van der Waals surface area contributed by atoms with E-state index in [-0.39, 0.29) is 5.82 Å². The molecule has 2 heterocycles. The van der Waals surface area contributed by atoms with Gasteiger partial charge in [-0.1, -0.05) is 0 Å². The first kappa shape index (κ1) is 11.4. The van der Waals surface area contributed by atoms with Crippen LogP contribution in [0.15, 0.2) is 18.6 Å². The number of hydrogen-bond acceptors (Lipinski definition) is 4. The molecule has 2 rings (SSSR count). The highest BCUT2D eigenvalue weighted by Gasteiger charge is 2.35.